The summed E-state index contributed by atoms with van der Waals surface area (Å²) in [4.78, 5) is 0. The first-order chi connectivity index (χ1) is 39.5. The number of aromatic hydroxyl groups is 3. The third-order valence-corrected chi connectivity index (χ3v) is 17.7. The molecule has 0 aromatic heterocycles. The van der Waals surface area contributed by atoms with E-state index in [-0.39, 0.29) is 18.7 Å². The van der Waals surface area contributed by atoms with Crippen LogP contribution in [-0.4, -0.2) is 40.1 Å². The van der Waals surface area contributed by atoms with Crippen LogP contribution in [0.2, 0.25) is 0 Å². The van der Waals surface area contributed by atoms with Gasteiger partial charge in [0, 0.05) is 12.8 Å². The summed E-state index contributed by atoms with van der Waals surface area (Å²) in [5.74, 6) is 7.46. The van der Waals surface area contributed by atoms with Crippen LogP contribution in [0.5, 0.6) is 28.7 Å². The molecule has 82 heavy (non-hydrogen) atoms. The molecule has 456 valence electrons. The Bertz CT molecular complexity index is 2180. The molecule has 5 aromatic rings. The Hall–Kier alpha value is -4.98. The molecule has 0 saturated heterocycles. The highest BCUT2D eigenvalue weighted by Crippen LogP contribution is 2.34. The molecule has 7 heteroatoms. The zero-order valence-corrected chi connectivity index (χ0v) is 53.4. The zero-order valence-electron chi connectivity index (χ0n) is 53.4. The highest BCUT2D eigenvalue weighted by atomic mass is 16.7. The van der Waals surface area contributed by atoms with Gasteiger partial charge in [0.1, 0.15) is 28.7 Å². The van der Waals surface area contributed by atoms with Gasteiger partial charge in [-0.15, -0.1) is 0 Å². The topological polar surface area (TPSA) is 97.6 Å². The van der Waals surface area contributed by atoms with Crippen LogP contribution in [0.15, 0.2) is 121 Å². The van der Waals surface area contributed by atoms with E-state index in [1.807, 2.05) is 36.4 Å². The van der Waals surface area contributed by atoms with Crippen LogP contribution in [0.25, 0.3) is 0 Å². The minimum Gasteiger partial charge on any atom is -0.508 e. The van der Waals surface area contributed by atoms with Crippen LogP contribution in [0.3, 0.4) is 0 Å². The molecule has 3 aliphatic rings. The van der Waals surface area contributed by atoms with Crippen molar-refractivity contribution in [3.63, 3.8) is 0 Å². The summed E-state index contributed by atoms with van der Waals surface area (Å²) in [6.45, 7) is 26.3. The Balaban J connectivity index is 0.000000233. The lowest BCUT2D eigenvalue weighted by molar-refractivity contribution is -0.138. The number of hydrogen-bond acceptors (Lipinski definition) is 7. The molecule has 7 nitrogen and oxygen atoms in total. The van der Waals surface area contributed by atoms with Gasteiger partial charge in [0.25, 0.3) is 0 Å². The second-order valence-electron chi connectivity index (χ2n) is 24.6. The molecule has 5 aromatic carbocycles. The lowest BCUT2D eigenvalue weighted by Gasteiger charge is -2.31. The summed E-state index contributed by atoms with van der Waals surface area (Å²) >= 11 is 0. The van der Waals surface area contributed by atoms with E-state index in [4.69, 9.17) is 34.3 Å². The fraction of sp³-hybridized carbons (Fsp3) is 0.600. The lowest BCUT2D eigenvalue weighted by atomic mass is 9.87. The molecule has 0 bridgehead atoms. The van der Waals surface area contributed by atoms with Gasteiger partial charge in [0.2, 0.25) is 0 Å². The highest BCUT2D eigenvalue weighted by Gasteiger charge is 2.26. The summed E-state index contributed by atoms with van der Waals surface area (Å²) in [7, 11) is 0. The van der Waals surface area contributed by atoms with E-state index < -0.39 is 0 Å². The first kappa shape index (κ1) is 69.5. The number of phenols is 3. The molecular weight excluding hydrogens is 1010 g/mol. The van der Waals surface area contributed by atoms with Gasteiger partial charge in [0.15, 0.2) is 12.6 Å². The predicted octanol–water partition coefficient (Wildman–Crippen LogP) is 22.2. The average Bonchev–Trinajstić information content (AvgIpc) is 3.52. The van der Waals surface area contributed by atoms with Crippen molar-refractivity contribution in [3.05, 3.63) is 149 Å². The van der Waals surface area contributed by atoms with Crippen molar-refractivity contribution in [1.29, 1.82) is 0 Å². The minimum atomic E-state index is -0.118. The number of benzene rings is 5. The fourth-order valence-electron chi connectivity index (χ4n) is 11.0. The zero-order chi connectivity index (χ0) is 59.7. The molecule has 7 unspecified atom stereocenters. The summed E-state index contributed by atoms with van der Waals surface area (Å²) in [5, 5.41) is 27.0. The van der Waals surface area contributed by atoms with E-state index in [2.05, 4.69) is 132 Å². The number of ether oxygens (including phenoxy) is 4. The lowest BCUT2D eigenvalue weighted by Crippen LogP contribution is -2.31. The predicted molar refractivity (Wildman–Crippen MR) is 346 cm³/mol. The standard InChI is InChI=1S/C24H38O2.C21H34O2.3C10H14O/c1-3-19(2)21-14-16-23(17-15-21)26-24(18-20-10-6-4-7-11-20)25-22-12-8-5-9-13-22;1-5-17(4)19-11-13-20(14-12-19)23-21(22-16(2)3)15-18-9-7-6-8-10-18;3*1-3-8(2)9-4-6-10(11)7-5-9/h14-17,19-20,22,24H,3-13,18H2,1-2H3;11-14,16-18,21H,5-10,15H2,1-4H3;3*4-8,11H,3H2,1-2H3. The summed E-state index contributed by atoms with van der Waals surface area (Å²) in [6.07, 6.45) is 28.3. The monoisotopic (exact) mass is 1130 g/mol. The first-order valence-electron chi connectivity index (χ1n) is 32.7. The van der Waals surface area contributed by atoms with E-state index in [0.29, 0.717) is 52.9 Å². The van der Waals surface area contributed by atoms with Gasteiger partial charge in [-0.3, -0.25) is 0 Å². The van der Waals surface area contributed by atoms with E-state index >= 15 is 0 Å². The Labute approximate surface area is 500 Å². The van der Waals surface area contributed by atoms with Crippen molar-refractivity contribution < 1.29 is 34.3 Å². The van der Waals surface area contributed by atoms with Crippen molar-refractivity contribution >= 4 is 0 Å². The fourth-order valence-corrected chi connectivity index (χ4v) is 11.0. The van der Waals surface area contributed by atoms with Gasteiger partial charge in [-0.25, -0.2) is 0 Å². The maximum Gasteiger partial charge on any atom is 0.200 e. The average molecular weight is 1130 g/mol. The van der Waals surface area contributed by atoms with Gasteiger partial charge in [-0.1, -0.05) is 213 Å². The number of phenolic OH excluding ortho intramolecular Hbond substituents is 3. The molecule has 0 aliphatic heterocycles. The molecule has 3 saturated carbocycles. The van der Waals surface area contributed by atoms with Crippen LogP contribution in [0.1, 0.15) is 282 Å². The summed E-state index contributed by atoms with van der Waals surface area (Å²) < 4.78 is 25.0. The van der Waals surface area contributed by atoms with E-state index in [1.165, 1.54) is 137 Å². The molecule has 0 heterocycles. The van der Waals surface area contributed by atoms with Crippen molar-refractivity contribution in [1.82, 2.24) is 0 Å². The second kappa shape index (κ2) is 39.5. The first-order valence-corrected chi connectivity index (χ1v) is 32.7. The molecule has 3 aliphatic carbocycles. The summed E-state index contributed by atoms with van der Waals surface area (Å²) in [6, 6.07) is 39.6. The maximum absolute atomic E-state index is 9.01. The number of rotatable bonds is 22. The van der Waals surface area contributed by atoms with Crippen molar-refractivity contribution in [3.8, 4) is 28.7 Å². The Kier molecular flexibility index (Phi) is 33.5. The van der Waals surface area contributed by atoms with Crippen molar-refractivity contribution in [2.75, 3.05) is 0 Å². The summed E-state index contributed by atoms with van der Waals surface area (Å²) in [5.41, 5.74) is 6.67. The second-order valence-corrected chi connectivity index (χ2v) is 24.6. The molecule has 0 radical (unpaired) electrons. The quantitative estimate of drug-likeness (QED) is 0.0594. The van der Waals surface area contributed by atoms with Crippen LogP contribution in [-0.2, 0) is 9.47 Å². The van der Waals surface area contributed by atoms with Crippen LogP contribution in [0, 0.1) is 11.8 Å². The van der Waals surface area contributed by atoms with Crippen LogP contribution >= 0.6 is 0 Å². The number of hydrogen-bond donors (Lipinski definition) is 3. The third kappa shape index (κ3) is 27.2. The normalized spacial score (nSPS) is 17.5. The molecule has 7 atom stereocenters. The molecule has 0 amide bonds. The van der Waals surface area contributed by atoms with Crippen molar-refractivity contribution in [2.24, 2.45) is 11.8 Å². The van der Waals surface area contributed by atoms with E-state index in [9.17, 15) is 0 Å². The highest BCUT2D eigenvalue weighted by molar-refractivity contribution is 5.32. The smallest absolute Gasteiger partial charge is 0.200 e. The van der Waals surface area contributed by atoms with Gasteiger partial charge in [0.05, 0.1) is 12.2 Å². The molecular formula is C75H114O7. The van der Waals surface area contributed by atoms with Gasteiger partial charge < -0.3 is 34.3 Å². The van der Waals surface area contributed by atoms with Crippen molar-refractivity contribution in [2.45, 2.75) is 279 Å². The Morgan fingerprint density at radius 3 is 0.878 bits per heavy atom. The van der Waals surface area contributed by atoms with E-state index in [1.54, 1.807) is 36.4 Å². The van der Waals surface area contributed by atoms with Gasteiger partial charge in [-0.05, 0) is 189 Å². The van der Waals surface area contributed by atoms with E-state index in [0.717, 1.165) is 55.4 Å². The molecule has 0 spiro atoms. The van der Waals surface area contributed by atoms with Crippen LogP contribution in [0.4, 0.5) is 0 Å². The largest absolute Gasteiger partial charge is 0.508 e. The molecule has 3 fully saturated rings. The van der Waals surface area contributed by atoms with Gasteiger partial charge >= 0.3 is 0 Å². The Morgan fingerprint density at radius 2 is 0.598 bits per heavy atom. The third-order valence-electron chi connectivity index (χ3n) is 17.7. The molecule has 3 N–H and O–H groups in total. The van der Waals surface area contributed by atoms with Crippen LogP contribution < -0.4 is 9.47 Å². The molecule has 8 rings (SSSR count). The SMILES string of the molecule is CCC(C)c1ccc(O)cc1.CCC(C)c1ccc(O)cc1.CCC(C)c1ccc(O)cc1.CCC(C)c1ccc(OC(CC2CCCCC2)OC(C)C)cc1.CCC(C)c1ccc(OC(CC2CCCCC2)OC2CCCCC2)cc1. The Morgan fingerprint density at radius 1 is 0.341 bits per heavy atom. The maximum atomic E-state index is 9.01. The van der Waals surface area contributed by atoms with Gasteiger partial charge in [-0.2, -0.15) is 0 Å². The minimum absolute atomic E-state index is 0.0735.